The van der Waals surface area contributed by atoms with Crippen LogP contribution in [0.1, 0.15) is 0 Å². The Balaban J connectivity index is 0.00000121. The number of anilines is 1. The van der Waals surface area contributed by atoms with Gasteiger partial charge in [-0.05, 0) is 18.2 Å². The molecule has 0 heterocycles. The van der Waals surface area contributed by atoms with Crippen LogP contribution in [0.25, 0.3) is 0 Å². The van der Waals surface area contributed by atoms with E-state index in [0.717, 1.165) is 0 Å². The monoisotopic (exact) mass is 191 g/mol. The largest absolute Gasteiger partial charge is 0.412 e. The first kappa shape index (κ1) is 10.9. The fourth-order valence-corrected chi connectivity index (χ4v) is 1.21. The summed E-state index contributed by atoms with van der Waals surface area (Å²) >= 11 is 0. The summed E-state index contributed by atoms with van der Waals surface area (Å²) in [6, 6.07) is 5.45. The lowest BCUT2D eigenvalue weighted by molar-refractivity contribution is 0.483. The maximum absolute atomic E-state index is 10.5. The second-order valence-electron chi connectivity index (χ2n) is 2.05. The number of hydrogen-bond donors (Lipinski definition) is 2. The molecule has 12 heavy (non-hydrogen) atoms. The summed E-state index contributed by atoms with van der Waals surface area (Å²) in [4.78, 5) is -0.183. The van der Waals surface area contributed by atoms with Crippen molar-refractivity contribution in [3.8, 4) is 0 Å². The zero-order valence-corrected chi connectivity index (χ0v) is 6.88. The van der Waals surface area contributed by atoms with Crippen LogP contribution in [0.3, 0.4) is 0 Å². The molecule has 0 saturated heterocycles. The highest BCUT2D eigenvalue weighted by Crippen LogP contribution is 2.11. The molecule has 0 aliphatic heterocycles. The molecule has 68 valence electrons. The molecule has 0 aliphatic rings. The molecule has 1 rings (SSSR count). The highest BCUT2D eigenvalue weighted by molar-refractivity contribution is 7.85. The minimum Gasteiger partial charge on any atom is -0.412 e. The molecule has 0 aromatic heterocycles. The Morgan fingerprint density at radius 1 is 1.33 bits per heavy atom. The van der Waals surface area contributed by atoms with Gasteiger partial charge in [-0.1, -0.05) is 6.07 Å². The molecule has 0 bridgehead atoms. The molecular weight excluding hydrogens is 182 g/mol. The first-order valence-electron chi connectivity index (χ1n) is 2.83. The third kappa shape index (κ3) is 2.50. The summed E-state index contributed by atoms with van der Waals surface area (Å²) < 4.78 is 29.5. The van der Waals surface area contributed by atoms with Crippen molar-refractivity contribution in [1.82, 2.24) is 0 Å². The summed E-state index contributed by atoms with van der Waals surface area (Å²) in [6.07, 6.45) is 0. The van der Waals surface area contributed by atoms with Crippen LogP contribution in [0.5, 0.6) is 0 Å². The van der Waals surface area contributed by atoms with E-state index in [4.69, 9.17) is 10.3 Å². The molecule has 1 aromatic carbocycles. The predicted octanol–water partition coefficient (Wildman–Crippen LogP) is -0.309. The Bertz CT molecular complexity index is 360. The van der Waals surface area contributed by atoms with Crippen molar-refractivity contribution in [2.75, 3.05) is 5.73 Å². The van der Waals surface area contributed by atoms with Gasteiger partial charge in [0.05, 0.1) is 4.90 Å². The van der Waals surface area contributed by atoms with E-state index in [9.17, 15) is 8.42 Å². The van der Waals surface area contributed by atoms with Crippen LogP contribution in [0.4, 0.5) is 5.69 Å². The van der Waals surface area contributed by atoms with E-state index in [1.807, 2.05) is 0 Å². The fraction of sp³-hybridized carbons (Fsp3) is 0. The van der Waals surface area contributed by atoms with Crippen molar-refractivity contribution in [2.24, 2.45) is 0 Å². The van der Waals surface area contributed by atoms with Crippen molar-refractivity contribution in [3.63, 3.8) is 0 Å². The van der Waals surface area contributed by atoms with Crippen molar-refractivity contribution >= 4 is 15.8 Å². The Morgan fingerprint density at radius 2 is 1.92 bits per heavy atom. The van der Waals surface area contributed by atoms with Crippen LogP contribution in [0.15, 0.2) is 29.2 Å². The summed E-state index contributed by atoms with van der Waals surface area (Å²) in [5.41, 5.74) is 5.59. The first-order chi connectivity index (χ1) is 5.00. The summed E-state index contributed by atoms with van der Waals surface area (Å²) in [7, 11) is -4.11. The highest BCUT2D eigenvalue weighted by Gasteiger charge is 2.07. The van der Waals surface area contributed by atoms with E-state index in [1.54, 1.807) is 0 Å². The maximum atomic E-state index is 10.5. The molecule has 0 radical (unpaired) electrons. The third-order valence-electron chi connectivity index (χ3n) is 1.16. The predicted molar refractivity (Wildman–Crippen MR) is 44.3 cm³/mol. The molecule has 5 N–H and O–H groups in total. The third-order valence-corrected chi connectivity index (χ3v) is 2.01. The van der Waals surface area contributed by atoms with Gasteiger partial charge in [0.15, 0.2) is 0 Å². The SMILES string of the molecule is Nc1cccc(S(=O)(=O)O)c1.O. The Morgan fingerprint density at radius 3 is 2.25 bits per heavy atom. The fourth-order valence-electron chi connectivity index (χ4n) is 0.675. The van der Waals surface area contributed by atoms with Gasteiger partial charge in [-0.15, -0.1) is 0 Å². The van der Waals surface area contributed by atoms with Crippen molar-refractivity contribution < 1.29 is 18.4 Å². The van der Waals surface area contributed by atoms with Gasteiger partial charge in [0.2, 0.25) is 0 Å². The van der Waals surface area contributed by atoms with E-state index in [-0.39, 0.29) is 10.4 Å². The standard InChI is InChI=1S/C6H7NO3S.H2O/c7-5-2-1-3-6(4-5)11(8,9)10;/h1-4H,7H2,(H,8,9,10);1H2. The molecule has 0 spiro atoms. The van der Waals surface area contributed by atoms with Gasteiger partial charge < -0.3 is 11.2 Å². The second kappa shape index (κ2) is 3.53. The van der Waals surface area contributed by atoms with Gasteiger partial charge in [0.1, 0.15) is 0 Å². The molecule has 0 aliphatic carbocycles. The maximum Gasteiger partial charge on any atom is 0.294 e. The van der Waals surface area contributed by atoms with Gasteiger partial charge in [0.25, 0.3) is 10.1 Å². The summed E-state index contributed by atoms with van der Waals surface area (Å²) in [6.45, 7) is 0. The minimum atomic E-state index is -4.11. The van der Waals surface area contributed by atoms with E-state index in [1.165, 1.54) is 24.3 Å². The van der Waals surface area contributed by atoms with Crippen LogP contribution in [0, 0.1) is 0 Å². The van der Waals surface area contributed by atoms with Gasteiger partial charge in [-0.2, -0.15) is 8.42 Å². The first-order valence-corrected chi connectivity index (χ1v) is 4.27. The Labute approximate surface area is 69.9 Å². The molecule has 0 amide bonds. The number of rotatable bonds is 1. The zero-order valence-electron chi connectivity index (χ0n) is 6.06. The van der Waals surface area contributed by atoms with E-state index >= 15 is 0 Å². The van der Waals surface area contributed by atoms with E-state index < -0.39 is 10.1 Å². The van der Waals surface area contributed by atoms with Crippen molar-refractivity contribution in [1.29, 1.82) is 0 Å². The number of nitrogen functional groups attached to an aromatic ring is 1. The zero-order chi connectivity index (χ0) is 8.48. The lowest BCUT2D eigenvalue weighted by Gasteiger charge is -1.96. The van der Waals surface area contributed by atoms with Gasteiger partial charge in [-0.25, -0.2) is 0 Å². The summed E-state index contributed by atoms with van der Waals surface area (Å²) in [5, 5.41) is 0. The highest BCUT2D eigenvalue weighted by atomic mass is 32.2. The number of hydrogen-bond acceptors (Lipinski definition) is 3. The van der Waals surface area contributed by atoms with Gasteiger partial charge in [0, 0.05) is 5.69 Å². The van der Waals surface area contributed by atoms with Gasteiger partial charge >= 0.3 is 0 Å². The molecule has 0 unspecified atom stereocenters. The van der Waals surface area contributed by atoms with Crippen molar-refractivity contribution in [3.05, 3.63) is 24.3 Å². The van der Waals surface area contributed by atoms with Crippen LogP contribution < -0.4 is 5.73 Å². The van der Waals surface area contributed by atoms with Crippen molar-refractivity contribution in [2.45, 2.75) is 4.90 Å². The molecule has 6 heteroatoms. The quantitative estimate of drug-likeness (QED) is 0.468. The molecular formula is C6H9NO4S. The smallest absolute Gasteiger partial charge is 0.294 e. The average Bonchev–Trinajstić information content (AvgIpc) is 1.86. The van der Waals surface area contributed by atoms with Crippen LogP contribution in [-0.4, -0.2) is 18.4 Å². The average molecular weight is 191 g/mol. The Kier molecular flexibility index (Phi) is 3.20. The Hall–Kier alpha value is -1.11. The second-order valence-corrected chi connectivity index (χ2v) is 3.47. The summed E-state index contributed by atoms with van der Waals surface area (Å²) in [5.74, 6) is 0. The van der Waals surface area contributed by atoms with Gasteiger partial charge in [-0.3, -0.25) is 4.55 Å². The normalized spacial score (nSPS) is 10.4. The molecule has 0 saturated carbocycles. The lowest BCUT2D eigenvalue weighted by atomic mass is 10.3. The number of benzene rings is 1. The molecule has 1 aromatic rings. The topological polar surface area (TPSA) is 112 Å². The van der Waals surface area contributed by atoms with Crippen LogP contribution >= 0.6 is 0 Å². The molecule has 0 atom stereocenters. The minimum absolute atomic E-state index is 0. The van der Waals surface area contributed by atoms with E-state index in [2.05, 4.69) is 0 Å². The van der Waals surface area contributed by atoms with Crippen LogP contribution in [0.2, 0.25) is 0 Å². The number of nitrogens with two attached hydrogens (primary N) is 1. The van der Waals surface area contributed by atoms with E-state index in [0.29, 0.717) is 5.69 Å². The van der Waals surface area contributed by atoms with Crippen LogP contribution in [-0.2, 0) is 10.1 Å². The lowest BCUT2D eigenvalue weighted by Crippen LogP contribution is -1.98. The molecule has 5 nitrogen and oxygen atoms in total. The molecule has 0 fully saturated rings.